The number of imidazole rings is 1. The molecule has 3 unspecified atom stereocenters. The second kappa shape index (κ2) is 6.70. The summed E-state index contributed by atoms with van der Waals surface area (Å²) in [5.74, 6) is 0.0652. The fourth-order valence-electron chi connectivity index (χ4n) is 2.94. The van der Waals surface area contributed by atoms with Gasteiger partial charge in [0, 0.05) is 25.0 Å². The quantitative estimate of drug-likeness (QED) is 0.817. The van der Waals surface area contributed by atoms with Crippen LogP contribution in [0.1, 0.15) is 45.1 Å². The van der Waals surface area contributed by atoms with Gasteiger partial charge in [-0.1, -0.05) is 13.3 Å². The molecule has 1 aromatic rings. The number of carbonyl (C=O) groups excluding carboxylic acids is 1. The number of aromatic nitrogens is 2. The van der Waals surface area contributed by atoms with Crippen LogP contribution in [0.3, 0.4) is 0 Å². The third-order valence-corrected chi connectivity index (χ3v) is 4.01. The number of nitrogens with zero attached hydrogens (tertiary/aromatic N) is 2. The molecule has 1 saturated carbocycles. The normalized spacial score (nSPS) is 24.3. The van der Waals surface area contributed by atoms with E-state index in [1.807, 2.05) is 12.5 Å². The second-order valence-corrected chi connectivity index (χ2v) is 5.34. The lowest BCUT2D eigenvalue weighted by molar-refractivity contribution is -0.125. The molecule has 0 bridgehead atoms. The van der Waals surface area contributed by atoms with Crippen molar-refractivity contribution in [3.05, 3.63) is 18.7 Å². The number of rotatable bonds is 6. The van der Waals surface area contributed by atoms with Crippen molar-refractivity contribution in [2.45, 2.75) is 51.1 Å². The Labute approximate surface area is 114 Å². The van der Waals surface area contributed by atoms with Gasteiger partial charge in [0.05, 0.1) is 18.3 Å². The Hall–Kier alpha value is -1.36. The maximum Gasteiger partial charge on any atom is 0.224 e. The molecule has 1 aromatic heterocycles. The van der Waals surface area contributed by atoms with Crippen molar-refractivity contribution in [1.29, 1.82) is 0 Å². The Morgan fingerprint density at radius 3 is 3.05 bits per heavy atom. The summed E-state index contributed by atoms with van der Waals surface area (Å²) >= 11 is 0. The van der Waals surface area contributed by atoms with Crippen molar-refractivity contribution in [2.75, 3.05) is 6.54 Å². The molecule has 5 nitrogen and oxygen atoms in total. The van der Waals surface area contributed by atoms with Crippen LogP contribution in [0.2, 0.25) is 0 Å². The summed E-state index contributed by atoms with van der Waals surface area (Å²) in [5, 5.41) is 3.19. The highest BCUT2D eigenvalue weighted by molar-refractivity contribution is 5.79. The van der Waals surface area contributed by atoms with Gasteiger partial charge in [0.25, 0.3) is 0 Å². The molecule has 0 aromatic carbocycles. The van der Waals surface area contributed by atoms with Crippen LogP contribution in [0.5, 0.6) is 0 Å². The number of hydrogen-bond acceptors (Lipinski definition) is 3. The van der Waals surface area contributed by atoms with Crippen LogP contribution in [0, 0.1) is 5.92 Å². The van der Waals surface area contributed by atoms with Crippen molar-refractivity contribution >= 4 is 5.91 Å². The SMILES string of the molecule is CCCC(CN)C(=O)NC1CCCC1n1ccnc1. The molecule has 19 heavy (non-hydrogen) atoms. The summed E-state index contributed by atoms with van der Waals surface area (Å²) in [6.07, 6.45) is 10.7. The zero-order valence-corrected chi connectivity index (χ0v) is 11.6. The lowest BCUT2D eigenvalue weighted by Gasteiger charge is -2.24. The smallest absolute Gasteiger partial charge is 0.224 e. The van der Waals surface area contributed by atoms with Crippen LogP contribution in [0.4, 0.5) is 0 Å². The molecule has 1 fully saturated rings. The summed E-state index contributed by atoms with van der Waals surface area (Å²) in [5.41, 5.74) is 5.69. The molecule has 2 rings (SSSR count). The molecule has 0 radical (unpaired) electrons. The van der Waals surface area contributed by atoms with Crippen LogP contribution in [0.25, 0.3) is 0 Å². The number of nitrogens with two attached hydrogens (primary N) is 1. The van der Waals surface area contributed by atoms with E-state index in [-0.39, 0.29) is 17.9 Å². The highest BCUT2D eigenvalue weighted by Gasteiger charge is 2.31. The molecule has 1 aliphatic rings. The van der Waals surface area contributed by atoms with Gasteiger partial charge in [0.1, 0.15) is 0 Å². The van der Waals surface area contributed by atoms with Crippen LogP contribution in [-0.2, 0) is 4.79 Å². The minimum atomic E-state index is -0.0472. The van der Waals surface area contributed by atoms with E-state index in [4.69, 9.17) is 5.73 Å². The molecule has 0 saturated heterocycles. The fraction of sp³-hybridized carbons (Fsp3) is 0.714. The van der Waals surface area contributed by atoms with Crippen LogP contribution >= 0.6 is 0 Å². The molecule has 0 aliphatic heterocycles. The Morgan fingerprint density at radius 1 is 1.58 bits per heavy atom. The van der Waals surface area contributed by atoms with Gasteiger partial charge in [-0.3, -0.25) is 4.79 Å². The minimum absolute atomic E-state index is 0.0472. The largest absolute Gasteiger partial charge is 0.351 e. The number of amides is 1. The minimum Gasteiger partial charge on any atom is -0.351 e. The third-order valence-electron chi connectivity index (χ3n) is 4.01. The number of hydrogen-bond donors (Lipinski definition) is 2. The summed E-state index contributed by atoms with van der Waals surface area (Å²) in [6, 6.07) is 0.555. The average molecular weight is 264 g/mol. The van der Waals surface area contributed by atoms with E-state index >= 15 is 0 Å². The highest BCUT2D eigenvalue weighted by Crippen LogP contribution is 2.30. The van der Waals surface area contributed by atoms with Crippen molar-refractivity contribution < 1.29 is 4.79 Å². The van der Waals surface area contributed by atoms with Gasteiger partial charge >= 0.3 is 0 Å². The van der Waals surface area contributed by atoms with Gasteiger partial charge in [0.15, 0.2) is 0 Å². The average Bonchev–Trinajstić information content (AvgIpc) is 3.05. The highest BCUT2D eigenvalue weighted by atomic mass is 16.2. The van der Waals surface area contributed by atoms with Crippen LogP contribution in [-0.4, -0.2) is 28.0 Å². The van der Waals surface area contributed by atoms with E-state index in [0.29, 0.717) is 12.6 Å². The Balaban J connectivity index is 1.96. The van der Waals surface area contributed by atoms with Crippen molar-refractivity contribution in [3.8, 4) is 0 Å². The Kier molecular flexibility index (Phi) is 4.96. The van der Waals surface area contributed by atoms with Crippen molar-refractivity contribution in [3.63, 3.8) is 0 Å². The summed E-state index contributed by atoms with van der Waals surface area (Å²) < 4.78 is 2.11. The summed E-state index contributed by atoms with van der Waals surface area (Å²) in [6.45, 7) is 2.52. The first-order chi connectivity index (χ1) is 9.26. The zero-order valence-electron chi connectivity index (χ0n) is 11.6. The van der Waals surface area contributed by atoms with Crippen LogP contribution in [0.15, 0.2) is 18.7 Å². The standard InChI is InChI=1S/C14H24N4O/c1-2-4-11(9-15)14(19)17-12-5-3-6-13(12)18-8-7-16-10-18/h7-8,10-13H,2-6,9,15H2,1H3,(H,17,19). The lowest BCUT2D eigenvalue weighted by Crippen LogP contribution is -2.43. The molecule has 1 heterocycles. The maximum atomic E-state index is 12.2. The van der Waals surface area contributed by atoms with Gasteiger partial charge in [-0.15, -0.1) is 0 Å². The fourth-order valence-corrected chi connectivity index (χ4v) is 2.94. The van der Waals surface area contributed by atoms with E-state index in [0.717, 1.165) is 32.1 Å². The molecular formula is C14H24N4O. The summed E-state index contributed by atoms with van der Waals surface area (Å²) in [4.78, 5) is 16.3. The maximum absolute atomic E-state index is 12.2. The third kappa shape index (κ3) is 3.35. The zero-order chi connectivity index (χ0) is 13.7. The van der Waals surface area contributed by atoms with Crippen molar-refractivity contribution in [2.24, 2.45) is 11.7 Å². The molecular weight excluding hydrogens is 240 g/mol. The van der Waals surface area contributed by atoms with Gasteiger partial charge in [-0.25, -0.2) is 4.98 Å². The lowest BCUT2D eigenvalue weighted by atomic mass is 10.0. The van der Waals surface area contributed by atoms with Gasteiger partial charge in [-0.05, 0) is 25.7 Å². The van der Waals surface area contributed by atoms with Gasteiger partial charge < -0.3 is 15.6 Å². The van der Waals surface area contributed by atoms with E-state index in [2.05, 4.69) is 21.8 Å². The Bertz CT molecular complexity index is 390. The molecule has 3 N–H and O–H groups in total. The first-order valence-corrected chi connectivity index (χ1v) is 7.24. The molecule has 1 aliphatic carbocycles. The van der Waals surface area contributed by atoms with Gasteiger partial charge in [0.2, 0.25) is 5.91 Å². The number of nitrogens with one attached hydrogen (secondary N) is 1. The number of carbonyl (C=O) groups is 1. The monoisotopic (exact) mass is 264 g/mol. The molecule has 0 spiro atoms. The van der Waals surface area contributed by atoms with E-state index in [1.54, 1.807) is 6.20 Å². The molecule has 3 atom stereocenters. The topological polar surface area (TPSA) is 72.9 Å². The molecule has 1 amide bonds. The van der Waals surface area contributed by atoms with Gasteiger partial charge in [-0.2, -0.15) is 0 Å². The predicted molar refractivity (Wildman–Crippen MR) is 74.5 cm³/mol. The molecule has 106 valence electrons. The predicted octanol–water partition coefficient (Wildman–Crippen LogP) is 1.47. The first-order valence-electron chi connectivity index (χ1n) is 7.24. The van der Waals surface area contributed by atoms with Crippen LogP contribution < -0.4 is 11.1 Å². The Morgan fingerprint density at radius 2 is 2.42 bits per heavy atom. The van der Waals surface area contributed by atoms with E-state index < -0.39 is 0 Å². The van der Waals surface area contributed by atoms with E-state index in [1.165, 1.54) is 0 Å². The first kappa shape index (κ1) is 14.1. The van der Waals surface area contributed by atoms with Crippen molar-refractivity contribution in [1.82, 2.24) is 14.9 Å². The summed E-state index contributed by atoms with van der Waals surface area (Å²) in [7, 11) is 0. The second-order valence-electron chi connectivity index (χ2n) is 5.34. The molecule has 5 heteroatoms. The van der Waals surface area contributed by atoms with E-state index in [9.17, 15) is 4.79 Å².